The number of halogens is 2. The molecule has 2 aromatic rings. The van der Waals surface area contributed by atoms with Gasteiger partial charge in [-0.05, 0) is 0 Å². The molecule has 0 unspecified atom stereocenters. The van der Waals surface area contributed by atoms with Crippen LogP contribution in [0.2, 0.25) is 0 Å². The van der Waals surface area contributed by atoms with Gasteiger partial charge in [0.2, 0.25) is 0 Å². The number of rotatable bonds is 4. The average molecular weight is 437 g/mol. The third-order valence-corrected chi connectivity index (χ3v) is 12.8. The SMILES string of the molecule is CC(=O)c1ccc([Te](Cl)(Cl)c2ccc(C(C)=O)cc2)cc1. The van der Waals surface area contributed by atoms with Gasteiger partial charge in [0, 0.05) is 0 Å². The van der Waals surface area contributed by atoms with Gasteiger partial charge >= 0.3 is 136 Å². The quantitative estimate of drug-likeness (QED) is 0.545. The van der Waals surface area contributed by atoms with Crippen LogP contribution in [-0.2, 0) is 0 Å². The summed E-state index contributed by atoms with van der Waals surface area (Å²) in [5, 5.41) is 0. The Morgan fingerprint density at radius 1 is 0.714 bits per heavy atom. The minimum absolute atomic E-state index is 0.00917. The summed E-state index contributed by atoms with van der Waals surface area (Å²) in [6.07, 6.45) is 0. The summed E-state index contributed by atoms with van der Waals surface area (Å²) in [5.41, 5.74) is 1.27. The fraction of sp³-hybridized carbons (Fsp3) is 0.125. The molecule has 0 aliphatic carbocycles. The molecule has 0 amide bonds. The molecule has 0 aromatic heterocycles. The second-order valence-electron chi connectivity index (χ2n) is 4.63. The number of hydrogen-bond acceptors (Lipinski definition) is 2. The van der Waals surface area contributed by atoms with Crippen molar-refractivity contribution in [3.8, 4) is 0 Å². The van der Waals surface area contributed by atoms with Gasteiger partial charge < -0.3 is 0 Å². The molecule has 0 aliphatic rings. The van der Waals surface area contributed by atoms with E-state index in [1.54, 1.807) is 24.3 Å². The molecule has 0 fully saturated rings. The molecular weight excluding hydrogens is 423 g/mol. The third-order valence-electron chi connectivity index (χ3n) is 3.11. The maximum atomic E-state index is 11.3. The van der Waals surface area contributed by atoms with Crippen LogP contribution < -0.4 is 7.22 Å². The average Bonchev–Trinajstić information content (AvgIpc) is 2.47. The molecule has 2 rings (SSSR count). The number of ketones is 2. The van der Waals surface area contributed by atoms with Crippen LogP contribution in [-0.4, -0.2) is 27.5 Å². The van der Waals surface area contributed by atoms with E-state index in [-0.39, 0.29) is 11.6 Å². The third kappa shape index (κ3) is 3.67. The molecule has 2 nitrogen and oxygen atoms in total. The number of hydrogen-bond donors (Lipinski definition) is 0. The van der Waals surface area contributed by atoms with E-state index >= 15 is 0 Å². The minimum atomic E-state index is -3.44. The van der Waals surface area contributed by atoms with Crippen molar-refractivity contribution in [2.24, 2.45) is 0 Å². The van der Waals surface area contributed by atoms with Crippen molar-refractivity contribution in [2.75, 3.05) is 0 Å². The molecule has 0 heterocycles. The molecule has 0 aliphatic heterocycles. The van der Waals surface area contributed by atoms with Crippen LogP contribution >= 0.6 is 17.9 Å². The Balaban J connectivity index is 2.36. The Morgan fingerprint density at radius 3 is 1.24 bits per heavy atom. The van der Waals surface area contributed by atoms with Crippen LogP contribution in [0.15, 0.2) is 48.5 Å². The molecule has 0 N–H and O–H groups in total. The van der Waals surface area contributed by atoms with Crippen LogP contribution in [0.25, 0.3) is 0 Å². The molecule has 0 saturated carbocycles. The van der Waals surface area contributed by atoms with Crippen molar-refractivity contribution in [1.82, 2.24) is 0 Å². The summed E-state index contributed by atoms with van der Waals surface area (Å²) in [6, 6.07) is 14.2. The summed E-state index contributed by atoms with van der Waals surface area (Å²) in [7, 11) is 13.3. The van der Waals surface area contributed by atoms with Gasteiger partial charge in [0.05, 0.1) is 0 Å². The van der Waals surface area contributed by atoms with Gasteiger partial charge in [0.15, 0.2) is 0 Å². The zero-order chi connectivity index (χ0) is 15.6. The Kier molecular flexibility index (Phi) is 5.11. The van der Waals surface area contributed by atoms with Crippen molar-refractivity contribution < 1.29 is 9.59 Å². The molecule has 21 heavy (non-hydrogen) atoms. The molecule has 0 radical (unpaired) electrons. The zero-order valence-electron chi connectivity index (χ0n) is 11.6. The molecule has 0 atom stereocenters. The van der Waals surface area contributed by atoms with E-state index in [9.17, 15) is 9.59 Å². The van der Waals surface area contributed by atoms with Crippen LogP contribution in [0, 0.1) is 0 Å². The predicted octanol–water partition coefficient (Wildman–Crippen LogP) is 3.13. The molecule has 0 bridgehead atoms. The Bertz CT molecular complexity index is 617. The molecule has 2 aromatic carbocycles. The van der Waals surface area contributed by atoms with Gasteiger partial charge in [-0.2, -0.15) is 0 Å². The maximum absolute atomic E-state index is 11.3. The summed E-state index contributed by atoms with van der Waals surface area (Å²) in [6.45, 7) is 3.04. The van der Waals surface area contributed by atoms with Crippen LogP contribution in [0.1, 0.15) is 34.6 Å². The predicted molar refractivity (Wildman–Crippen MR) is 89.6 cm³/mol. The van der Waals surface area contributed by atoms with Crippen LogP contribution in [0.5, 0.6) is 0 Å². The second-order valence-corrected chi connectivity index (χ2v) is 17.3. The topological polar surface area (TPSA) is 34.1 Å². The summed E-state index contributed by atoms with van der Waals surface area (Å²) in [5.74, 6) is 0.0183. The fourth-order valence-electron chi connectivity index (χ4n) is 1.86. The molecule has 0 spiro atoms. The van der Waals surface area contributed by atoms with E-state index in [0.29, 0.717) is 11.1 Å². The van der Waals surface area contributed by atoms with E-state index in [4.69, 9.17) is 17.9 Å². The second kappa shape index (κ2) is 6.50. The molecule has 5 heteroatoms. The van der Waals surface area contributed by atoms with Crippen molar-refractivity contribution in [2.45, 2.75) is 13.8 Å². The van der Waals surface area contributed by atoms with Gasteiger partial charge in [-0.1, -0.05) is 0 Å². The standard InChI is InChI=1S/C16H14Cl2O2Te/c1-11(19)13-3-7-15(8-4-13)21(17,18)16-9-5-14(6-10-16)12(2)20/h3-10H,1-2H3. The normalized spacial score (nSPS) is 12.0. The van der Waals surface area contributed by atoms with Crippen molar-refractivity contribution >= 4 is 52.7 Å². The van der Waals surface area contributed by atoms with Crippen molar-refractivity contribution in [3.63, 3.8) is 0 Å². The summed E-state index contributed by atoms with van der Waals surface area (Å²) in [4.78, 5) is 22.6. The number of benzene rings is 2. The first-order valence-electron chi connectivity index (χ1n) is 6.27. The van der Waals surface area contributed by atoms with E-state index < -0.39 is 15.9 Å². The number of carbonyl (C=O) groups excluding carboxylic acids is 2. The Hall–Kier alpha value is -0.850. The van der Waals surface area contributed by atoms with Gasteiger partial charge in [0.25, 0.3) is 0 Å². The summed E-state index contributed by atoms with van der Waals surface area (Å²) < 4.78 is 1.73. The van der Waals surface area contributed by atoms with E-state index in [1.165, 1.54) is 13.8 Å². The first kappa shape index (κ1) is 16.5. The van der Waals surface area contributed by atoms with E-state index in [2.05, 4.69) is 0 Å². The number of carbonyl (C=O) groups is 2. The first-order chi connectivity index (χ1) is 9.82. The fourth-order valence-corrected chi connectivity index (χ4v) is 8.12. The van der Waals surface area contributed by atoms with Crippen LogP contribution in [0.3, 0.4) is 0 Å². The Labute approximate surface area is 135 Å². The Morgan fingerprint density at radius 2 is 1.00 bits per heavy atom. The van der Waals surface area contributed by atoms with E-state index in [0.717, 1.165) is 7.22 Å². The van der Waals surface area contributed by atoms with Crippen molar-refractivity contribution in [1.29, 1.82) is 0 Å². The van der Waals surface area contributed by atoms with Gasteiger partial charge in [-0.25, -0.2) is 0 Å². The first-order valence-corrected chi connectivity index (χ1v) is 14.5. The zero-order valence-corrected chi connectivity index (χ0v) is 15.4. The van der Waals surface area contributed by atoms with Gasteiger partial charge in [0.1, 0.15) is 0 Å². The number of Topliss-reactive ketones (excluding diaryl/α,β-unsaturated/α-hetero) is 2. The van der Waals surface area contributed by atoms with Gasteiger partial charge in [-0.3, -0.25) is 0 Å². The van der Waals surface area contributed by atoms with Crippen molar-refractivity contribution in [3.05, 3.63) is 59.7 Å². The van der Waals surface area contributed by atoms with Crippen LogP contribution in [0.4, 0.5) is 0 Å². The molecular formula is C16H14Cl2O2Te. The summed E-state index contributed by atoms with van der Waals surface area (Å²) >= 11 is -3.44. The monoisotopic (exact) mass is 438 g/mol. The van der Waals surface area contributed by atoms with E-state index in [1.807, 2.05) is 24.3 Å². The molecule has 0 saturated heterocycles. The van der Waals surface area contributed by atoms with Gasteiger partial charge in [-0.15, -0.1) is 0 Å². The molecule has 110 valence electrons.